The maximum Gasteiger partial charge on any atom is 0.266 e. The normalized spacial score (nSPS) is 13.8. The van der Waals surface area contributed by atoms with Crippen molar-refractivity contribution >= 4 is 17.5 Å². The first kappa shape index (κ1) is 12.6. The number of amides is 2. The summed E-state index contributed by atoms with van der Waals surface area (Å²) >= 11 is 0. The van der Waals surface area contributed by atoms with Crippen molar-refractivity contribution in [3.05, 3.63) is 65.2 Å². The summed E-state index contributed by atoms with van der Waals surface area (Å²) in [4.78, 5) is 26.0. The molecule has 0 saturated heterocycles. The maximum atomic E-state index is 12.4. The van der Waals surface area contributed by atoms with E-state index in [0.29, 0.717) is 23.2 Å². The number of para-hydroxylation sites is 1. The standard InChI is InChI=1S/C16H13NO3/c18-10-9-11-5-1-4-8-14(11)17-15(19)12-6-2-3-7-13(12)16(17)20/h1-8,18H,9-10H2. The Morgan fingerprint density at radius 3 is 2.00 bits per heavy atom. The second-order valence-electron chi connectivity index (χ2n) is 4.59. The fraction of sp³-hybridized carbons (Fsp3) is 0.125. The lowest BCUT2D eigenvalue weighted by Crippen LogP contribution is -2.30. The first-order valence-electron chi connectivity index (χ1n) is 6.40. The number of aliphatic hydroxyl groups excluding tert-OH is 1. The third-order valence-corrected chi connectivity index (χ3v) is 3.41. The predicted octanol–water partition coefficient (Wildman–Crippen LogP) is 2.02. The number of hydrogen-bond donors (Lipinski definition) is 1. The zero-order valence-corrected chi connectivity index (χ0v) is 10.7. The number of benzene rings is 2. The topological polar surface area (TPSA) is 57.6 Å². The number of hydrogen-bond acceptors (Lipinski definition) is 3. The Morgan fingerprint density at radius 2 is 1.40 bits per heavy atom. The van der Waals surface area contributed by atoms with Crippen LogP contribution >= 0.6 is 0 Å². The molecular weight excluding hydrogens is 254 g/mol. The summed E-state index contributed by atoms with van der Waals surface area (Å²) in [5.74, 6) is -0.619. The number of fused-ring (bicyclic) bond motifs is 1. The highest BCUT2D eigenvalue weighted by molar-refractivity contribution is 6.34. The molecule has 0 spiro atoms. The highest BCUT2D eigenvalue weighted by Gasteiger charge is 2.36. The van der Waals surface area contributed by atoms with E-state index in [1.807, 2.05) is 12.1 Å². The highest BCUT2D eigenvalue weighted by Crippen LogP contribution is 2.30. The van der Waals surface area contributed by atoms with Crippen molar-refractivity contribution < 1.29 is 14.7 Å². The molecule has 4 heteroatoms. The van der Waals surface area contributed by atoms with Gasteiger partial charge in [0.05, 0.1) is 16.8 Å². The molecule has 100 valence electrons. The van der Waals surface area contributed by atoms with Gasteiger partial charge in [0.2, 0.25) is 0 Å². The second kappa shape index (κ2) is 4.90. The van der Waals surface area contributed by atoms with Gasteiger partial charge in [0.1, 0.15) is 0 Å². The van der Waals surface area contributed by atoms with Crippen LogP contribution in [-0.2, 0) is 6.42 Å². The molecule has 0 radical (unpaired) electrons. The van der Waals surface area contributed by atoms with E-state index in [4.69, 9.17) is 5.11 Å². The van der Waals surface area contributed by atoms with Gasteiger partial charge < -0.3 is 5.11 Å². The van der Waals surface area contributed by atoms with Crippen LogP contribution < -0.4 is 4.90 Å². The van der Waals surface area contributed by atoms with Crippen LogP contribution in [0.2, 0.25) is 0 Å². The molecule has 0 unspecified atom stereocenters. The molecule has 2 amide bonds. The zero-order chi connectivity index (χ0) is 14.1. The Morgan fingerprint density at radius 1 is 0.850 bits per heavy atom. The molecule has 1 N–H and O–H groups in total. The molecule has 0 atom stereocenters. The largest absolute Gasteiger partial charge is 0.396 e. The van der Waals surface area contributed by atoms with Crippen LogP contribution in [0.4, 0.5) is 5.69 Å². The number of anilines is 1. The molecule has 0 fully saturated rings. The maximum absolute atomic E-state index is 12.4. The summed E-state index contributed by atoms with van der Waals surface area (Å²) in [6.45, 7) is -0.0276. The second-order valence-corrected chi connectivity index (χ2v) is 4.59. The molecule has 0 aromatic heterocycles. The van der Waals surface area contributed by atoms with E-state index in [-0.39, 0.29) is 18.4 Å². The highest BCUT2D eigenvalue weighted by atomic mass is 16.3. The van der Waals surface area contributed by atoms with Gasteiger partial charge in [0.25, 0.3) is 11.8 Å². The lowest BCUT2D eigenvalue weighted by atomic mass is 10.1. The molecule has 1 aliphatic heterocycles. The van der Waals surface area contributed by atoms with E-state index >= 15 is 0 Å². The Kier molecular flexibility index (Phi) is 3.08. The van der Waals surface area contributed by atoms with Crippen molar-refractivity contribution in [3.63, 3.8) is 0 Å². The molecule has 2 aromatic rings. The molecule has 0 bridgehead atoms. The van der Waals surface area contributed by atoms with E-state index in [1.54, 1.807) is 36.4 Å². The van der Waals surface area contributed by atoms with Gasteiger partial charge >= 0.3 is 0 Å². The lowest BCUT2D eigenvalue weighted by Gasteiger charge is -2.17. The number of aliphatic hydroxyl groups is 1. The molecular formula is C16H13NO3. The average Bonchev–Trinajstić information content (AvgIpc) is 2.73. The Hall–Kier alpha value is -2.46. The molecule has 3 rings (SSSR count). The van der Waals surface area contributed by atoms with Crippen LogP contribution in [0.25, 0.3) is 0 Å². The molecule has 4 nitrogen and oxygen atoms in total. The van der Waals surface area contributed by atoms with Crippen molar-refractivity contribution in [2.75, 3.05) is 11.5 Å². The zero-order valence-electron chi connectivity index (χ0n) is 10.7. The molecule has 1 aliphatic rings. The van der Waals surface area contributed by atoms with Crippen LogP contribution in [0.3, 0.4) is 0 Å². The number of carbonyl (C=O) groups excluding carboxylic acids is 2. The number of nitrogens with zero attached hydrogens (tertiary/aromatic N) is 1. The van der Waals surface area contributed by atoms with Crippen molar-refractivity contribution in [2.24, 2.45) is 0 Å². The van der Waals surface area contributed by atoms with Crippen LogP contribution in [0.1, 0.15) is 26.3 Å². The van der Waals surface area contributed by atoms with Gasteiger partial charge in [-0.25, -0.2) is 4.90 Å². The van der Waals surface area contributed by atoms with Crippen LogP contribution in [0.5, 0.6) is 0 Å². The van der Waals surface area contributed by atoms with E-state index in [0.717, 1.165) is 5.56 Å². The van der Waals surface area contributed by atoms with Gasteiger partial charge in [-0.15, -0.1) is 0 Å². The fourth-order valence-electron chi connectivity index (χ4n) is 2.47. The molecule has 1 heterocycles. The Labute approximate surface area is 116 Å². The van der Waals surface area contributed by atoms with Crippen LogP contribution in [0.15, 0.2) is 48.5 Å². The van der Waals surface area contributed by atoms with Crippen molar-refractivity contribution in [2.45, 2.75) is 6.42 Å². The summed E-state index contributed by atoms with van der Waals surface area (Å²) < 4.78 is 0. The smallest absolute Gasteiger partial charge is 0.266 e. The molecule has 2 aromatic carbocycles. The van der Waals surface area contributed by atoms with Crippen molar-refractivity contribution in [1.82, 2.24) is 0 Å². The average molecular weight is 267 g/mol. The molecule has 0 aliphatic carbocycles. The first-order valence-corrected chi connectivity index (χ1v) is 6.40. The summed E-state index contributed by atoms with van der Waals surface area (Å²) in [5.41, 5.74) is 2.19. The lowest BCUT2D eigenvalue weighted by molar-refractivity contribution is 0.0925. The Balaban J connectivity index is 2.10. The predicted molar refractivity (Wildman–Crippen MR) is 74.8 cm³/mol. The van der Waals surface area contributed by atoms with Crippen molar-refractivity contribution in [1.29, 1.82) is 0 Å². The van der Waals surface area contributed by atoms with E-state index in [9.17, 15) is 9.59 Å². The van der Waals surface area contributed by atoms with E-state index in [2.05, 4.69) is 0 Å². The first-order chi connectivity index (χ1) is 9.74. The third kappa shape index (κ3) is 1.82. The molecule has 0 saturated carbocycles. The molecule has 20 heavy (non-hydrogen) atoms. The fourth-order valence-corrected chi connectivity index (χ4v) is 2.47. The van der Waals surface area contributed by atoms with Gasteiger partial charge in [-0.3, -0.25) is 9.59 Å². The number of imide groups is 1. The summed E-state index contributed by atoms with van der Waals surface area (Å²) in [5, 5.41) is 9.10. The van der Waals surface area contributed by atoms with Gasteiger partial charge in [0.15, 0.2) is 0 Å². The van der Waals surface area contributed by atoms with Gasteiger partial charge in [-0.05, 0) is 30.2 Å². The minimum absolute atomic E-state index is 0.0276. The van der Waals surface area contributed by atoms with E-state index in [1.165, 1.54) is 4.90 Å². The Bertz CT molecular complexity index is 659. The van der Waals surface area contributed by atoms with Gasteiger partial charge in [0, 0.05) is 6.61 Å². The SMILES string of the molecule is O=C1c2ccccc2C(=O)N1c1ccccc1CCO. The van der Waals surface area contributed by atoms with Gasteiger partial charge in [-0.1, -0.05) is 30.3 Å². The van der Waals surface area contributed by atoms with Crippen LogP contribution in [-0.4, -0.2) is 23.5 Å². The minimum atomic E-state index is -0.309. The summed E-state index contributed by atoms with van der Waals surface area (Å²) in [6.07, 6.45) is 0.406. The monoisotopic (exact) mass is 267 g/mol. The van der Waals surface area contributed by atoms with Gasteiger partial charge in [-0.2, -0.15) is 0 Å². The summed E-state index contributed by atoms with van der Waals surface area (Å²) in [7, 11) is 0. The minimum Gasteiger partial charge on any atom is -0.396 e. The third-order valence-electron chi connectivity index (χ3n) is 3.41. The number of carbonyl (C=O) groups is 2. The summed E-state index contributed by atoms with van der Waals surface area (Å²) in [6, 6.07) is 13.9. The van der Waals surface area contributed by atoms with E-state index < -0.39 is 0 Å². The van der Waals surface area contributed by atoms with Crippen molar-refractivity contribution in [3.8, 4) is 0 Å². The quantitative estimate of drug-likeness (QED) is 0.866. The van der Waals surface area contributed by atoms with Crippen LogP contribution in [0, 0.1) is 0 Å². The number of rotatable bonds is 3.